The Kier molecular flexibility index (Phi) is 8.63. The topological polar surface area (TPSA) is 96.0 Å². The van der Waals surface area contributed by atoms with E-state index in [1.807, 2.05) is 30.3 Å². The van der Waals surface area contributed by atoms with Gasteiger partial charge in [-0.3, -0.25) is 9.59 Å². The molecule has 0 spiro atoms. The predicted octanol–water partition coefficient (Wildman–Crippen LogP) is 1.74. The highest BCUT2D eigenvalue weighted by atomic mass is 16.6. The molecule has 0 aliphatic heterocycles. The molecule has 0 heterocycles. The number of carbonyl (C=O) groups is 4. The first kappa shape index (κ1) is 20.1. The van der Waals surface area contributed by atoms with Gasteiger partial charge < -0.3 is 14.2 Å². The van der Waals surface area contributed by atoms with E-state index in [1.165, 1.54) is 0 Å². The van der Waals surface area contributed by atoms with E-state index >= 15 is 0 Å². The molecule has 0 N–H and O–H groups in total. The smallest absolute Gasteiger partial charge is 0.331 e. The highest BCUT2D eigenvalue weighted by Gasteiger charge is 2.20. The van der Waals surface area contributed by atoms with Crippen LogP contribution in [0.3, 0.4) is 0 Å². The molecule has 25 heavy (non-hydrogen) atoms. The summed E-state index contributed by atoms with van der Waals surface area (Å²) >= 11 is 0. The first-order valence-corrected chi connectivity index (χ1v) is 7.71. The van der Waals surface area contributed by atoms with E-state index in [0.717, 1.165) is 24.6 Å². The summed E-state index contributed by atoms with van der Waals surface area (Å²) in [4.78, 5) is 45.5. The van der Waals surface area contributed by atoms with Crippen LogP contribution in [-0.2, 0) is 39.8 Å². The summed E-state index contributed by atoms with van der Waals surface area (Å²) in [6.45, 7) is 2.94. The molecule has 1 aromatic rings. The molecule has 0 aromatic heterocycles. The fourth-order valence-corrected chi connectivity index (χ4v) is 1.95. The van der Waals surface area contributed by atoms with Crippen molar-refractivity contribution >= 4 is 23.9 Å². The summed E-state index contributed by atoms with van der Waals surface area (Å²) in [6, 6.07) is 9.07. The number of esters is 4. The van der Waals surface area contributed by atoms with Gasteiger partial charge in [-0.25, -0.2) is 9.59 Å². The Bertz CT molecular complexity index is 634. The van der Waals surface area contributed by atoms with Crippen molar-refractivity contribution in [2.45, 2.75) is 32.8 Å². The molecule has 0 bridgehead atoms. The summed E-state index contributed by atoms with van der Waals surface area (Å²) in [5.41, 5.74) is 0.838. The van der Waals surface area contributed by atoms with Gasteiger partial charge in [-0.1, -0.05) is 30.3 Å². The molecular weight excluding hydrogens is 328 g/mol. The van der Waals surface area contributed by atoms with Gasteiger partial charge in [0.25, 0.3) is 0 Å². The van der Waals surface area contributed by atoms with Crippen LogP contribution in [-0.4, -0.2) is 36.6 Å². The maximum Gasteiger partial charge on any atom is 0.331 e. The van der Waals surface area contributed by atoms with Crippen LogP contribution < -0.4 is 0 Å². The monoisotopic (exact) mass is 348 g/mol. The van der Waals surface area contributed by atoms with Crippen molar-refractivity contribution in [2.75, 3.05) is 6.61 Å². The molecule has 7 nitrogen and oxygen atoms in total. The Morgan fingerprint density at radius 1 is 1.04 bits per heavy atom. The van der Waals surface area contributed by atoms with Crippen LogP contribution in [0.25, 0.3) is 0 Å². The number of hydrogen-bond acceptors (Lipinski definition) is 7. The zero-order chi connectivity index (χ0) is 18.7. The molecule has 1 rings (SSSR count). The molecule has 0 aliphatic rings. The van der Waals surface area contributed by atoms with Crippen molar-refractivity contribution in [3.8, 4) is 0 Å². The number of carbonyl (C=O) groups excluding carboxylic acids is 4. The maximum absolute atomic E-state index is 11.8. The third-order valence-electron chi connectivity index (χ3n) is 2.88. The summed E-state index contributed by atoms with van der Waals surface area (Å²) in [5, 5.41) is 0. The fraction of sp³-hybridized carbons (Fsp3) is 0.333. The maximum atomic E-state index is 11.8. The van der Waals surface area contributed by atoms with Crippen LogP contribution in [0.5, 0.6) is 0 Å². The van der Waals surface area contributed by atoms with Crippen molar-refractivity contribution in [3.05, 3.63) is 48.0 Å². The van der Waals surface area contributed by atoms with Crippen LogP contribution in [0.4, 0.5) is 0 Å². The number of rotatable bonds is 8. The zero-order valence-corrected chi connectivity index (χ0v) is 14.1. The molecular formula is C18H20O7. The second kappa shape index (κ2) is 10.7. The fourth-order valence-electron chi connectivity index (χ4n) is 1.95. The Labute approximate surface area is 145 Å². The molecule has 1 atom stereocenters. The SMILES string of the molecule is CCOC(=O)/C=C/C(=O)OC(CC(=O)OC(C)=O)Cc1ccccc1. The molecule has 7 heteroatoms. The minimum atomic E-state index is -0.839. The molecule has 0 saturated heterocycles. The van der Waals surface area contributed by atoms with Crippen LogP contribution in [0.1, 0.15) is 25.8 Å². The van der Waals surface area contributed by atoms with Gasteiger partial charge in [0.1, 0.15) is 6.10 Å². The summed E-state index contributed by atoms with van der Waals surface area (Å²) in [7, 11) is 0. The molecule has 0 aliphatic carbocycles. The van der Waals surface area contributed by atoms with Crippen LogP contribution in [0.15, 0.2) is 42.5 Å². The highest BCUT2D eigenvalue weighted by molar-refractivity contribution is 5.92. The Morgan fingerprint density at radius 2 is 1.68 bits per heavy atom. The molecule has 134 valence electrons. The van der Waals surface area contributed by atoms with Gasteiger partial charge in [0.05, 0.1) is 13.0 Å². The standard InChI is InChI=1S/C18H20O7/c1-3-23-16(20)9-10-17(21)25-15(12-18(22)24-13(2)19)11-14-7-5-4-6-8-14/h4-10,15H,3,11-12H2,1-2H3/b10-9+. The number of ether oxygens (including phenoxy) is 3. The first-order valence-electron chi connectivity index (χ1n) is 7.71. The van der Waals surface area contributed by atoms with Crippen LogP contribution in [0.2, 0.25) is 0 Å². The van der Waals surface area contributed by atoms with Crippen molar-refractivity contribution in [1.29, 1.82) is 0 Å². The lowest BCUT2D eigenvalue weighted by atomic mass is 10.1. The molecule has 0 fully saturated rings. The van der Waals surface area contributed by atoms with Crippen molar-refractivity contribution in [1.82, 2.24) is 0 Å². The van der Waals surface area contributed by atoms with Gasteiger partial charge in [0.2, 0.25) is 0 Å². The van der Waals surface area contributed by atoms with Gasteiger partial charge >= 0.3 is 23.9 Å². The molecule has 0 radical (unpaired) electrons. The van der Waals surface area contributed by atoms with Gasteiger partial charge in [-0.2, -0.15) is 0 Å². The van der Waals surface area contributed by atoms with Gasteiger partial charge in [-0.05, 0) is 12.5 Å². The summed E-state index contributed by atoms with van der Waals surface area (Å²) in [6.07, 6.45) is 1.000. The van der Waals surface area contributed by atoms with Gasteiger partial charge in [-0.15, -0.1) is 0 Å². The lowest BCUT2D eigenvalue weighted by Crippen LogP contribution is -2.25. The summed E-state index contributed by atoms with van der Waals surface area (Å²) in [5.74, 6) is -3.01. The molecule has 1 unspecified atom stereocenters. The number of benzene rings is 1. The average Bonchev–Trinajstić information content (AvgIpc) is 2.53. The zero-order valence-electron chi connectivity index (χ0n) is 14.1. The van der Waals surface area contributed by atoms with Crippen molar-refractivity contribution in [3.63, 3.8) is 0 Å². The second-order valence-corrected chi connectivity index (χ2v) is 5.00. The Balaban J connectivity index is 2.72. The van der Waals surface area contributed by atoms with Crippen molar-refractivity contribution < 1.29 is 33.4 Å². The quantitative estimate of drug-likeness (QED) is 0.305. The van der Waals surface area contributed by atoms with Gasteiger partial charge in [0.15, 0.2) is 0 Å². The van der Waals surface area contributed by atoms with Crippen molar-refractivity contribution in [2.24, 2.45) is 0 Å². The van der Waals surface area contributed by atoms with E-state index in [-0.39, 0.29) is 19.4 Å². The van der Waals surface area contributed by atoms with E-state index in [0.29, 0.717) is 0 Å². The third-order valence-corrected chi connectivity index (χ3v) is 2.88. The Hall–Kier alpha value is -2.96. The van der Waals surface area contributed by atoms with Crippen LogP contribution in [0, 0.1) is 0 Å². The minimum Gasteiger partial charge on any atom is -0.463 e. The van der Waals surface area contributed by atoms with E-state index < -0.39 is 30.0 Å². The lowest BCUT2D eigenvalue weighted by Gasteiger charge is -2.16. The highest BCUT2D eigenvalue weighted by Crippen LogP contribution is 2.11. The lowest BCUT2D eigenvalue weighted by molar-refractivity contribution is -0.160. The van der Waals surface area contributed by atoms with Crippen LogP contribution >= 0.6 is 0 Å². The van der Waals surface area contributed by atoms with E-state index in [4.69, 9.17) is 4.74 Å². The Morgan fingerprint density at radius 3 is 2.28 bits per heavy atom. The van der Waals surface area contributed by atoms with E-state index in [2.05, 4.69) is 9.47 Å². The third kappa shape index (κ3) is 9.04. The largest absolute Gasteiger partial charge is 0.463 e. The first-order chi connectivity index (χ1) is 11.9. The molecule has 0 saturated carbocycles. The minimum absolute atomic E-state index is 0.186. The second-order valence-electron chi connectivity index (χ2n) is 5.00. The van der Waals surface area contributed by atoms with E-state index in [9.17, 15) is 19.2 Å². The molecule has 0 amide bonds. The summed E-state index contributed by atoms with van der Waals surface area (Å²) < 4.78 is 14.3. The predicted molar refractivity (Wildman–Crippen MR) is 87.2 cm³/mol. The average molecular weight is 348 g/mol. The molecule has 1 aromatic carbocycles. The van der Waals surface area contributed by atoms with Gasteiger partial charge in [0, 0.05) is 25.5 Å². The number of hydrogen-bond donors (Lipinski definition) is 0. The van der Waals surface area contributed by atoms with E-state index in [1.54, 1.807) is 6.92 Å². The normalized spacial score (nSPS) is 11.6.